The zero-order valence-electron chi connectivity index (χ0n) is 12.6. The van der Waals surface area contributed by atoms with Crippen molar-refractivity contribution in [3.05, 3.63) is 40.8 Å². The standard InChI is InChI=1S/C15H20N4O2/c1-4-14-17-8-12(9-18-14)15(20)16-7-5-6-13-10(2)19-21-11(13)3/h8-9H,4-7H2,1-3H3,(H,16,20). The third-order valence-electron chi connectivity index (χ3n) is 3.35. The molecule has 112 valence electrons. The van der Waals surface area contributed by atoms with Crippen molar-refractivity contribution >= 4 is 5.91 Å². The van der Waals surface area contributed by atoms with Crippen molar-refractivity contribution in [2.45, 2.75) is 40.0 Å². The van der Waals surface area contributed by atoms with Crippen LogP contribution in [-0.2, 0) is 12.8 Å². The maximum Gasteiger partial charge on any atom is 0.254 e. The molecule has 0 atom stereocenters. The first kappa shape index (κ1) is 15.2. The smallest absolute Gasteiger partial charge is 0.254 e. The molecule has 0 fully saturated rings. The van der Waals surface area contributed by atoms with Gasteiger partial charge in [0.1, 0.15) is 11.6 Å². The summed E-state index contributed by atoms with van der Waals surface area (Å²) in [5, 5.41) is 6.78. The summed E-state index contributed by atoms with van der Waals surface area (Å²) in [5.74, 6) is 1.45. The molecule has 0 aliphatic rings. The highest BCUT2D eigenvalue weighted by molar-refractivity contribution is 5.93. The highest BCUT2D eigenvalue weighted by atomic mass is 16.5. The lowest BCUT2D eigenvalue weighted by Crippen LogP contribution is -2.25. The molecule has 0 saturated heterocycles. The summed E-state index contributed by atoms with van der Waals surface area (Å²) in [6.07, 6.45) is 5.57. The van der Waals surface area contributed by atoms with E-state index in [9.17, 15) is 4.79 Å². The molecule has 0 aromatic carbocycles. The molecule has 0 radical (unpaired) electrons. The van der Waals surface area contributed by atoms with Crippen LogP contribution in [0.3, 0.4) is 0 Å². The van der Waals surface area contributed by atoms with Crippen molar-refractivity contribution in [3.63, 3.8) is 0 Å². The highest BCUT2D eigenvalue weighted by Crippen LogP contribution is 2.13. The molecule has 0 unspecified atom stereocenters. The lowest BCUT2D eigenvalue weighted by atomic mass is 10.1. The number of nitrogens with zero attached hydrogens (tertiary/aromatic N) is 3. The Hall–Kier alpha value is -2.24. The van der Waals surface area contributed by atoms with Gasteiger partial charge in [-0.15, -0.1) is 0 Å². The van der Waals surface area contributed by atoms with Crippen LogP contribution in [0.2, 0.25) is 0 Å². The maximum atomic E-state index is 11.9. The van der Waals surface area contributed by atoms with Crippen LogP contribution in [0.1, 0.15) is 46.5 Å². The summed E-state index contributed by atoms with van der Waals surface area (Å²) in [6, 6.07) is 0. The summed E-state index contributed by atoms with van der Waals surface area (Å²) >= 11 is 0. The van der Waals surface area contributed by atoms with E-state index in [1.54, 1.807) is 12.4 Å². The van der Waals surface area contributed by atoms with Crippen LogP contribution in [0, 0.1) is 13.8 Å². The Bertz CT molecular complexity index is 585. The molecule has 2 aromatic rings. The van der Waals surface area contributed by atoms with E-state index in [0.29, 0.717) is 12.1 Å². The van der Waals surface area contributed by atoms with Gasteiger partial charge in [0, 0.05) is 30.9 Å². The fourth-order valence-electron chi connectivity index (χ4n) is 2.08. The minimum atomic E-state index is -0.142. The molecule has 21 heavy (non-hydrogen) atoms. The quantitative estimate of drug-likeness (QED) is 0.822. The zero-order valence-corrected chi connectivity index (χ0v) is 12.6. The predicted octanol–water partition coefficient (Wildman–Crippen LogP) is 2.01. The summed E-state index contributed by atoms with van der Waals surface area (Å²) in [7, 11) is 0. The van der Waals surface area contributed by atoms with E-state index in [4.69, 9.17) is 4.52 Å². The van der Waals surface area contributed by atoms with E-state index in [2.05, 4.69) is 20.4 Å². The fourth-order valence-corrected chi connectivity index (χ4v) is 2.08. The lowest BCUT2D eigenvalue weighted by Gasteiger charge is -2.05. The summed E-state index contributed by atoms with van der Waals surface area (Å²) in [4.78, 5) is 20.2. The Morgan fingerprint density at radius 3 is 2.57 bits per heavy atom. The molecule has 0 saturated carbocycles. The van der Waals surface area contributed by atoms with E-state index in [0.717, 1.165) is 42.1 Å². The first-order valence-corrected chi connectivity index (χ1v) is 7.12. The van der Waals surface area contributed by atoms with Gasteiger partial charge in [0.25, 0.3) is 5.91 Å². The molecule has 1 N–H and O–H groups in total. The topological polar surface area (TPSA) is 80.9 Å². The molecule has 0 aliphatic carbocycles. The number of aryl methyl sites for hydroxylation is 3. The number of hydrogen-bond acceptors (Lipinski definition) is 5. The Labute approximate surface area is 124 Å². The molecular weight excluding hydrogens is 268 g/mol. The monoisotopic (exact) mass is 288 g/mol. The van der Waals surface area contributed by atoms with Crippen molar-refractivity contribution in [2.24, 2.45) is 0 Å². The molecule has 0 spiro atoms. The Kier molecular flexibility index (Phi) is 5.03. The number of hydrogen-bond donors (Lipinski definition) is 1. The summed E-state index contributed by atoms with van der Waals surface area (Å²) in [6.45, 7) is 6.40. The molecule has 1 amide bonds. The number of carbonyl (C=O) groups excluding carboxylic acids is 1. The summed E-state index contributed by atoms with van der Waals surface area (Å²) in [5.41, 5.74) is 2.53. The largest absolute Gasteiger partial charge is 0.361 e. The number of amides is 1. The van der Waals surface area contributed by atoms with Crippen LogP contribution in [0.4, 0.5) is 0 Å². The molecule has 2 aromatic heterocycles. The van der Waals surface area contributed by atoms with Gasteiger partial charge >= 0.3 is 0 Å². The summed E-state index contributed by atoms with van der Waals surface area (Å²) < 4.78 is 5.11. The Morgan fingerprint density at radius 1 is 1.29 bits per heavy atom. The van der Waals surface area contributed by atoms with Crippen LogP contribution < -0.4 is 5.32 Å². The molecule has 6 heteroatoms. The molecule has 6 nitrogen and oxygen atoms in total. The number of rotatable bonds is 6. The van der Waals surface area contributed by atoms with Gasteiger partial charge in [0.15, 0.2) is 0 Å². The van der Waals surface area contributed by atoms with E-state index < -0.39 is 0 Å². The third kappa shape index (κ3) is 3.87. The highest BCUT2D eigenvalue weighted by Gasteiger charge is 2.09. The van der Waals surface area contributed by atoms with Gasteiger partial charge < -0.3 is 9.84 Å². The first-order valence-electron chi connectivity index (χ1n) is 7.12. The zero-order chi connectivity index (χ0) is 15.2. The van der Waals surface area contributed by atoms with Crippen molar-refractivity contribution in [3.8, 4) is 0 Å². The lowest BCUT2D eigenvalue weighted by molar-refractivity contribution is 0.0952. The predicted molar refractivity (Wildman–Crippen MR) is 78.0 cm³/mol. The molecule has 0 bridgehead atoms. The second-order valence-electron chi connectivity index (χ2n) is 4.90. The maximum absolute atomic E-state index is 11.9. The van der Waals surface area contributed by atoms with Crippen molar-refractivity contribution < 1.29 is 9.32 Å². The van der Waals surface area contributed by atoms with Crippen molar-refractivity contribution in [2.75, 3.05) is 6.54 Å². The number of nitrogens with one attached hydrogen (secondary N) is 1. The third-order valence-corrected chi connectivity index (χ3v) is 3.35. The molecule has 2 heterocycles. The molecule has 2 rings (SSSR count). The normalized spacial score (nSPS) is 10.6. The van der Waals surface area contributed by atoms with Crippen LogP contribution in [-0.4, -0.2) is 27.6 Å². The van der Waals surface area contributed by atoms with Crippen LogP contribution >= 0.6 is 0 Å². The van der Waals surface area contributed by atoms with Gasteiger partial charge in [-0.25, -0.2) is 9.97 Å². The fraction of sp³-hybridized carbons (Fsp3) is 0.467. The molecule has 0 aliphatic heterocycles. The second-order valence-corrected chi connectivity index (χ2v) is 4.90. The van der Waals surface area contributed by atoms with Crippen molar-refractivity contribution in [1.82, 2.24) is 20.4 Å². The number of aromatic nitrogens is 3. The number of carbonyl (C=O) groups is 1. The van der Waals surface area contributed by atoms with Gasteiger partial charge in [-0.05, 0) is 26.7 Å². The van der Waals surface area contributed by atoms with Crippen molar-refractivity contribution in [1.29, 1.82) is 0 Å². The van der Waals surface area contributed by atoms with E-state index in [1.165, 1.54) is 0 Å². The van der Waals surface area contributed by atoms with Gasteiger partial charge in [-0.2, -0.15) is 0 Å². The van der Waals surface area contributed by atoms with Gasteiger partial charge in [-0.3, -0.25) is 4.79 Å². The van der Waals surface area contributed by atoms with E-state index >= 15 is 0 Å². The Morgan fingerprint density at radius 2 is 2.00 bits per heavy atom. The molecular formula is C15H20N4O2. The average molecular weight is 288 g/mol. The SMILES string of the molecule is CCc1ncc(C(=O)NCCCc2c(C)noc2C)cn1. The Balaban J connectivity index is 1.79. The second kappa shape index (κ2) is 6.97. The average Bonchev–Trinajstić information content (AvgIpc) is 2.82. The van der Waals surface area contributed by atoms with Crippen LogP contribution in [0.5, 0.6) is 0 Å². The minimum Gasteiger partial charge on any atom is -0.361 e. The van der Waals surface area contributed by atoms with Gasteiger partial charge in [0.2, 0.25) is 0 Å². The van der Waals surface area contributed by atoms with E-state index in [1.807, 2.05) is 20.8 Å². The first-order chi connectivity index (χ1) is 10.1. The van der Waals surface area contributed by atoms with Crippen LogP contribution in [0.15, 0.2) is 16.9 Å². The van der Waals surface area contributed by atoms with Gasteiger partial charge in [0.05, 0.1) is 11.3 Å². The van der Waals surface area contributed by atoms with Gasteiger partial charge in [-0.1, -0.05) is 12.1 Å². The van der Waals surface area contributed by atoms with Crippen LogP contribution in [0.25, 0.3) is 0 Å². The van der Waals surface area contributed by atoms with E-state index in [-0.39, 0.29) is 5.91 Å². The minimum absolute atomic E-state index is 0.142.